The van der Waals surface area contributed by atoms with Gasteiger partial charge in [0.25, 0.3) is 0 Å². The summed E-state index contributed by atoms with van der Waals surface area (Å²) in [6.07, 6.45) is 0. The quantitative estimate of drug-likeness (QED) is 0.755. The van der Waals surface area contributed by atoms with E-state index in [1.807, 2.05) is 38.1 Å². The molecule has 3 rings (SSSR count). The number of ketones is 2. The van der Waals surface area contributed by atoms with Crippen LogP contribution in [-0.4, -0.2) is 29.6 Å². The minimum Gasteiger partial charge on any atom is -0.296 e. The summed E-state index contributed by atoms with van der Waals surface area (Å²) in [5, 5.41) is 0.643. The number of hydrogen-bond donors (Lipinski definition) is 0. The van der Waals surface area contributed by atoms with Crippen molar-refractivity contribution in [3.63, 3.8) is 0 Å². The van der Waals surface area contributed by atoms with E-state index in [2.05, 4.69) is 4.90 Å². The lowest BCUT2D eigenvalue weighted by molar-refractivity contribution is 0.0702. The number of carbonyl (C=O) groups is 2. The van der Waals surface area contributed by atoms with E-state index in [4.69, 9.17) is 11.6 Å². The maximum atomic E-state index is 13.0. The van der Waals surface area contributed by atoms with Crippen molar-refractivity contribution in [2.24, 2.45) is 5.92 Å². The van der Waals surface area contributed by atoms with E-state index in [0.717, 1.165) is 18.7 Å². The first kappa shape index (κ1) is 16.9. The average molecular weight is 342 g/mol. The molecule has 0 aliphatic heterocycles. The Morgan fingerprint density at radius 1 is 0.917 bits per heavy atom. The lowest BCUT2D eigenvalue weighted by Gasteiger charge is -2.33. The molecule has 0 bridgehead atoms. The van der Waals surface area contributed by atoms with Crippen molar-refractivity contribution in [2.75, 3.05) is 13.1 Å². The van der Waals surface area contributed by atoms with Crippen molar-refractivity contribution in [3.8, 4) is 0 Å². The third-order valence-corrected chi connectivity index (χ3v) is 5.01. The van der Waals surface area contributed by atoms with Crippen LogP contribution in [0.15, 0.2) is 48.5 Å². The topological polar surface area (TPSA) is 37.4 Å². The largest absolute Gasteiger partial charge is 0.296 e. The monoisotopic (exact) mass is 341 g/mol. The molecule has 0 saturated heterocycles. The molecule has 1 atom stereocenters. The zero-order valence-electron chi connectivity index (χ0n) is 13.8. The second-order valence-corrected chi connectivity index (χ2v) is 6.41. The normalized spacial score (nSPS) is 15.8. The molecule has 0 heterocycles. The van der Waals surface area contributed by atoms with Crippen LogP contribution >= 0.6 is 11.6 Å². The summed E-state index contributed by atoms with van der Waals surface area (Å²) in [7, 11) is 0. The Morgan fingerprint density at radius 2 is 1.42 bits per heavy atom. The standard InChI is InChI=1S/C20H20ClNO2/c1-3-22(4-2)18(13-9-11-14(21)12-10-13)17-19(23)15-7-5-6-8-16(15)20(17)24/h5-12,17-18H,3-4H2,1-2H3. The molecule has 0 aromatic heterocycles. The minimum atomic E-state index is -0.691. The van der Waals surface area contributed by atoms with E-state index in [-0.39, 0.29) is 17.6 Å². The molecule has 2 aromatic rings. The van der Waals surface area contributed by atoms with Gasteiger partial charge in [-0.05, 0) is 30.8 Å². The molecule has 1 aliphatic carbocycles. The maximum Gasteiger partial charge on any atom is 0.176 e. The molecule has 0 N–H and O–H groups in total. The number of rotatable bonds is 5. The Hall–Kier alpha value is -1.97. The van der Waals surface area contributed by atoms with Crippen LogP contribution in [0, 0.1) is 5.92 Å². The highest BCUT2D eigenvalue weighted by molar-refractivity contribution is 6.30. The Morgan fingerprint density at radius 3 is 1.88 bits per heavy atom. The van der Waals surface area contributed by atoms with Crippen molar-refractivity contribution in [1.82, 2.24) is 4.90 Å². The van der Waals surface area contributed by atoms with Crippen LogP contribution in [0.3, 0.4) is 0 Å². The fourth-order valence-corrected chi connectivity index (χ4v) is 3.67. The van der Waals surface area contributed by atoms with Gasteiger partial charge in [-0.15, -0.1) is 0 Å². The van der Waals surface area contributed by atoms with Crippen LogP contribution in [0.4, 0.5) is 0 Å². The molecule has 24 heavy (non-hydrogen) atoms. The van der Waals surface area contributed by atoms with Crippen LogP contribution in [0.5, 0.6) is 0 Å². The third kappa shape index (κ3) is 2.79. The Bertz CT molecular complexity index is 730. The van der Waals surface area contributed by atoms with Gasteiger partial charge in [-0.2, -0.15) is 0 Å². The van der Waals surface area contributed by atoms with Crippen molar-refractivity contribution < 1.29 is 9.59 Å². The SMILES string of the molecule is CCN(CC)C(c1ccc(Cl)cc1)C1C(=O)c2ccccc2C1=O. The van der Waals surface area contributed by atoms with Gasteiger partial charge in [0.05, 0.1) is 6.04 Å². The van der Waals surface area contributed by atoms with Crippen LogP contribution in [0.1, 0.15) is 46.2 Å². The fraction of sp³-hybridized carbons (Fsp3) is 0.300. The van der Waals surface area contributed by atoms with Gasteiger partial charge < -0.3 is 0 Å². The number of Topliss-reactive ketones (excluding diaryl/α,β-unsaturated/α-hetero) is 2. The molecule has 0 saturated carbocycles. The van der Waals surface area contributed by atoms with E-state index in [1.54, 1.807) is 24.3 Å². The third-order valence-electron chi connectivity index (χ3n) is 4.76. The maximum absolute atomic E-state index is 13.0. The Kier molecular flexibility index (Phi) is 4.83. The number of nitrogens with zero attached hydrogens (tertiary/aromatic N) is 1. The summed E-state index contributed by atoms with van der Waals surface area (Å²) in [5.41, 5.74) is 2.03. The highest BCUT2D eigenvalue weighted by atomic mass is 35.5. The average Bonchev–Trinajstić information content (AvgIpc) is 2.85. The predicted molar refractivity (Wildman–Crippen MR) is 95.7 cm³/mol. The zero-order chi connectivity index (χ0) is 17.3. The van der Waals surface area contributed by atoms with Gasteiger partial charge in [0.1, 0.15) is 5.92 Å². The zero-order valence-corrected chi connectivity index (χ0v) is 14.6. The molecule has 0 radical (unpaired) electrons. The first-order valence-electron chi connectivity index (χ1n) is 8.25. The first-order valence-corrected chi connectivity index (χ1v) is 8.63. The van der Waals surface area contributed by atoms with E-state index in [0.29, 0.717) is 16.1 Å². The molecular formula is C20H20ClNO2. The molecule has 1 aliphatic rings. The molecule has 124 valence electrons. The van der Waals surface area contributed by atoms with Crippen LogP contribution in [0.25, 0.3) is 0 Å². The smallest absolute Gasteiger partial charge is 0.176 e. The Labute approximate surface area is 147 Å². The second kappa shape index (κ2) is 6.88. The van der Waals surface area contributed by atoms with E-state index < -0.39 is 5.92 Å². The molecule has 3 nitrogen and oxygen atoms in total. The van der Waals surface area contributed by atoms with E-state index in [1.165, 1.54) is 0 Å². The lowest BCUT2D eigenvalue weighted by Crippen LogP contribution is -2.38. The van der Waals surface area contributed by atoms with E-state index in [9.17, 15) is 9.59 Å². The minimum absolute atomic E-state index is 0.0811. The van der Waals surface area contributed by atoms with Crippen LogP contribution < -0.4 is 0 Å². The molecule has 0 fully saturated rings. The van der Waals surface area contributed by atoms with Gasteiger partial charge in [0.15, 0.2) is 11.6 Å². The van der Waals surface area contributed by atoms with Gasteiger partial charge in [0.2, 0.25) is 0 Å². The number of benzene rings is 2. The molecule has 1 unspecified atom stereocenters. The first-order chi connectivity index (χ1) is 11.6. The number of carbonyl (C=O) groups excluding carboxylic acids is 2. The van der Waals surface area contributed by atoms with Crippen molar-refractivity contribution in [2.45, 2.75) is 19.9 Å². The Balaban J connectivity index is 2.08. The van der Waals surface area contributed by atoms with Gasteiger partial charge in [-0.25, -0.2) is 0 Å². The van der Waals surface area contributed by atoms with Gasteiger partial charge in [-0.1, -0.05) is 61.8 Å². The van der Waals surface area contributed by atoms with Crippen molar-refractivity contribution >= 4 is 23.2 Å². The number of fused-ring (bicyclic) bond motifs is 1. The summed E-state index contributed by atoms with van der Waals surface area (Å²) < 4.78 is 0. The van der Waals surface area contributed by atoms with Gasteiger partial charge >= 0.3 is 0 Å². The fourth-order valence-electron chi connectivity index (χ4n) is 3.54. The summed E-state index contributed by atoms with van der Waals surface area (Å²) in [6, 6.07) is 14.3. The summed E-state index contributed by atoms with van der Waals surface area (Å²) in [6.45, 7) is 5.61. The highest BCUT2D eigenvalue weighted by Gasteiger charge is 2.45. The van der Waals surface area contributed by atoms with Crippen molar-refractivity contribution in [3.05, 3.63) is 70.2 Å². The second-order valence-electron chi connectivity index (χ2n) is 5.97. The summed E-state index contributed by atoms with van der Waals surface area (Å²) >= 11 is 6.01. The number of halogens is 1. The molecular weight excluding hydrogens is 322 g/mol. The van der Waals surface area contributed by atoms with E-state index >= 15 is 0 Å². The molecule has 0 amide bonds. The molecule has 0 spiro atoms. The molecule has 2 aromatic carbocycles. The van der Waals surface area contributed by atoms with Gasteiger partial charge in [-0.3, -0.25) is 14.5 Å². The summed E-state index contributed by atoms with van der Waals surface area (Å²) in [4.78, 5) is 28.1. The van der Waals surface area contributed by atoms with Crippen LogP contribution in [0.2, 0.25) is 5.02 Å². The van der Waals surface area contributed by atoms with Crippen molar-refractivity contribution in [1.29, 1.82) is 0 Å². The predicted octanol–water partition coefficient (Wildman–Crippen LogP) is 4.42. The van der Waals surface area contributed by atoms with Crippen LogP contribution in [-0.2, 0) is 0 Å². The highest BCUT2D eigenvalue weighted by Crippen LogP contribution is 2.38. The number of hydrogen-bond acceptors (Lipinski definition) is 3. The summed E-state index contributed by atoms with van der Waals surface area (Å²) in [5.74, 6) is -0.853. The molecule has 4 heteroatoms. The van der Waals surface area contributed by atoms with Gasteiger partial charge in [0, 0.05) is 16.1 Å². The lowest BCUT2D eigenvalue weighted by atomic mass is 9.87.